The fraction of sp³-hybridized carbons (Fsp3) is 0.750. The Balaban J connectivity index is 2.20. The number of nitrogen functional groups attached to an aromatic ring is 1. The summed E-state index contributed by atoms with van der Waals surface area (Å²) in [4.78, 5) is 8.24. The molecule has 5 nitrogen and oxygen atoms in total. The maximum Gasteiger partial charge on any atom is 0.225 e. The van der Waals surface area contributed by atoms with Gasteiger partial charge in [0.25, 0.3) is 0 Å². The van der Waals surface area contributed by atoms with Crippen LogP contribution < -0.4 is 15.8 Å². The van der Waals surface area contributed by atoms with Crippen LogP contribution in [0.25, 0.3) is 0 Å². The highest BCUT2D eigenvalue weighted by atomic mass is 16.5. The molecule has 0 saturated heterocycles. The predicted molar refractivity (Wildman–Crippen MR) is 88.7 cm³/mol. The normalized spacial score (nSPS) is 10.6. The molecule has 0 aromatic carbocycles. The topological polar surface area (TPSA) is 73.1 Å². The predicted octanol–water partition coefficient (Wildman–Crippen LogP) is 4.01. The summed E-state index contributed by atoms with van der Waals surface area (Å²) in [6.45, 7) is 5.87. The van der Waals surface area contributed by atoms with Crippen molar-refractivity contribution in [2.45, 2.75) is 65.2 Å². The molecule has 1 aromatic heterocycles. The van der Waals surface area contributed by atoms with Gasteiger partial charge >= 0.3 is 0 Å². The number of hydrogen-bond donors (Lipinski definition) is 2. The van der Waals surface area contributed by atoms with E-state index in [1.807, 2.05) is 6.07 Å². The number of nitrogens with zero attached hydrogens (tertiary/aromatic N) is 2. The largest absolute Gasteiger partial charge is 0.477 e. The third-order valence-corrected chi connectivity index (χ3v) is 3.26. The van der Waals surface area contributed by atoms with Gasteiger partial charge in [0, 0.05) is 12.6 Å². The van der Waals surface area contributed by atoms with E-state index in [9.17, 15) is 0 Å². The zero-order valence-corrected chi connectivity index (χ0v) is 13.5. The molecule has 0 aliphatic carbocycles. The van der Waals surface area contributed by atoms with Crippen molar-refractivity contribution in [2.24, 2.45) is 0 Å². The number of nitrogens with one attached hydrogen (secondary N) is 1. The van der Waals surface area contributed by atoms with Gasteiger partial charge in [-0.1, -0.05) is 52.4 Å². The van der Waals surface area contributed by atoms with Crippen LogP contribution in [0, 0.1) is 0 Å². The molecule has 5 heteroatoms. The molecule has 0 fully saturated rings. The summed E-state index contributed by atoms with van der Waals surface area (Å²) in [5, 5.41) is 3.29. The number of anilines is 2. The van der Waals surface area contributed by atoms with E-state index in [0.29, 0.717) is 12.5 Å². The SMILES string of the molecule is CCCCCCCCCNc1cc(OCCC)nc(N)n1. The number of nitrogens with two attached hydrogens (primary N) is 1. The van der Waals surface area contributed by atoms with Crippen LogP contribution in [0.5, 0.6) is 5.88 Å². The average molecular weight is 294 g/mol. The molecule has 0 bridgehead atoms. The summed E-state index contributed by atoms with van der Waals surface area (Å²) in [6.07, 6.45) is 10.1. The Hall–Kier alpha value is -1.52. The van der Waals surface area contributed by atoms with Crippen LogP contribution in [0.1, 0.15) is 65.2 Å². The van der Waals surface area contributed by atoms with Gasteiger partial charge in [0.05, 0.1) is 6.61 Å². The van der Waals surface area contributed by atoms with E-state index in [4.69, 9.17) is 10.5 Å². The second kappa shape index (κ2) is 11.2. The Morgan fingerprint density at radius 2 is 1.71 bits per heavy atom. The van der Waals surface area contributed by atoms with E-state index >= 15 is 0 Å². The second-order valence-corrected chi connectivity index (χ2v) is 5.35. The minimum Gasteiger partial charge on any atom is -0.477 e. The van der Waals surface area contributed by atoms with E-state index in [0.717, 1.165) is 25.2 Å². The Bertz CT molecular complexity index is 385. The minimum atomic E-state index is 0.255. The molecular weight excluding hydrogens is 264 g/mol. The average Bonchev–Trinajstić information content (AvgIpc) is 2.47. The van der Waals surface area contributed by atoms with Gasteiger partial charge in [-0.25, -0.2) is 0 Å². The molecule has 1 heterocycles. The molecule has 120 valence electrons. The first-order valence-electron chi connectivity index (χ1n) is 8.27. The van der Waals surface area contributed by atoms with Crippen molar-refractivity contribution in [3.05, 3.63) is 6.07 Å². The van der Waals surface area contributed by atoms with Gasteiger partial charge in [-0.2, -0.15) is 9.97 Å². The van der Waals surface area contributed by atoms with Gasteiger partial charge in [-0.3, -0.25) is 0 Å². The number of aromatic nitrogens is 2. The van der Waals surface area contributed by atoms with Gasteiger partial charge in [0.15, 0.2) is 0 Å². The molecule has 0 spiro atoms. The van der Waals surface area contributed by atoms with Crippen molar-refractivity contribution in [1.82, 2.24) is 9.97 Å². The van der Waals surface area contributed by atoms with Crippen molar-refractivity contribution in [3.63, 3.8) is 0 Å². The summed E-state index contributed by atoms with van der Waals surface area (Å²) in [5.74, 6) is 1.55. The van der Waals surface area contributed by atoms with Gasteiger partial charge in [0.1, 0.15) is 5.82 Å². The molecule has 0 radical (unpaired) electrons. The molecule has 0 amide bonds. The van der Waals surface area contributed by atoms with E-state index < -0.39 is 0 Å². The molecule has 0 unspecified atom stereocenters. The van der Waals surface area contributed by atoms with E-state index in [2.05, 4.69) is 29.1 Å². The Kier molecular flexibility index (Phi) is 9.33. The molecule has 0 atom stereocenters. The molecule has 1 rings (SSSR count). The van der Waals surface area contributed by atoms with Gasteiger partial charge in [0.2, 0.25) is 11.8 Å². The minimum absolute atomic E-state index is 0.255. The molecule has 21 heavy (non-hydrogen) atoms. The van der Waals surface area contributed by atoms with Gasteiger partial charge in [-0.05, 0) is 12.8 Å². The lowest BCUT2D eigenvalue weighted by Crippen LogP contribution is -2.07. The Morgan fingerprint density at radius 1 is 1.00 bits per heavy atom. The third-order valence-electron chi connectivity index (χ3n) is 3.26. The van der Waals surface area contributed by atoms with Crippen LogP contribution in [-0.4, -0.2) is 23.1 Å². The van der Waals surface area contributed by atoms with Crippen molar-refractivity contribution >= 4 is 11.8 Å². The first kappa shape index (κ1) is 17.5. The van der Waals surface area contributed by atoms with Crippen molar-refractivity contribution in [2.75, 3.05) is 24.2 Å². The molecule has 0 saturated carbocycles. The number of unbranched alkanes of at least 4 members (excludes halogenated alkanes) is 6. The van der Waals surface area contributed by atoms with Crippen molar-refractivity contribution < 1.29 is 4.74 Å². The summed E-state index contributed by atoms with van der Waals surface area (Å²) in [5.41, 5.74) is 5.69. The van der Waals surface area contributed by atoms with E-state index in [1.165, 1.54) is 38.5 Å². The smallest absolute Gasteiger partial charge is 0.225 e. The highest BCUT2D eigenvalue weighted by Gasteiger charge is 2.02. The standard InChI is InChI=1S/C16H30N4O/c1-3-5-6-7-8-9-10-11-18-14-13-15(21-12-4-2)20-16(17)19-14/h13H,3-12H2,1-2H3,(H3,17,18,19,20). The summed E-state index contributed by atoms with van der Waals surface area (Å²) < 4.78 is 5.49. The molecular formula is C16H30N4O. The molecule has 0 aliphatic heterocycles. The first-order chi connectivity index (χ1) is 10.3. The van der Waals surface area contributed by atoms with Crippen LogP contribution in [0.2, 0.25) is 0 Å². The zero-order chi connectivity index (χ0) is 15.3. The lowest BCUT2D eigenvalue weighted by molar-refractivity contribution is 0.305. The van der Waals surface area contributed by atoms with Crippen LogP contribution in [0.4, 0.5) is 11.8 Å². The van der Waals surface area contributed by atoms with E-state index in [1.54, 1.807) is 0 Å². The number of hydrogen-bond acceptors (Lipinski definition) is 5. The van der Waals surface area contributed by atoms with Gasteiger partial charge in [-0.15, -0.1) is 0 Å². The number of rotatable bonds is 12. The number of ether oxygens (including phenoxy) is 1. The lowest BCUT2D eigenvalue weighted by Gasteiger charge is -2.09. The summed E-state index contributed by atoms with van der Waals surface area (Å²) in [7, 11) is 0. The second-order valence-electron chi connectivity index (χ2n) is 5.35. The van der Waals surface area contributed by atoms with Crippen LogP contribution in [0.3, 0.4) is 0 Å². The van der Waals surface area contributed by atoms with E-state index in [-0.39, 0.29) is 5.95 Å². The Morgan fingerprint density at radius 3 is 2.43 bits per heavy atom. The summed E-state index contributed by atoms with van der Waals surface area (Å²) >= 11 is 0. The van der Waals surface area contributed by atoms with Crippen LogP contribution in [0.15, 0.2) is 6.07 Å². The Labute approximate surface area is 128 Å². The lowest BCUT2D eigenvalue weighted by atomic mass is 10.1. The monoisotopic (exact) mass is 294 g/mol. The fourth-order valence-corrected chi connectivity index (χ4v) is 2.11. The van der Waals surface area contributed by atoms with Crippen molar-refractivity contribution in [3.8, 4) is 5.88 Å². The van der Waals surface area contributed by atoms with Crippen molar-refractivity contribution in [1.29, 1.82) is 0 Å². The third kappa shape index (κ3) is 8.38. The zero-order valence-electron chi connectivity index (χ0n) is 13.5. The maximum absolute atomic E-state index is 5.69. The molecule has 0 aliphatic rings. The quantitative estimate of drug-likeness (QED) is 0.570. The highest BCUT2D eigenvalue weighted by molar-refractivity contribution is 5.42. The first-order valence-corrected chi connectivity index (χ1v) is 8.27. The van der Waals surface area contributed by atoms with Crippen LogP contribution >= 0.6 is 0 Å². The van der Waals surface area contributed by atoms with Crippen LogP contribution in [-0.2, 0) is 0 Å². The summed E-state index contributed by atoms with van der Waals surface area (Å²) in [6, 6.07) is 1.81. The molecule has 1 aromatic rings. The highest BCUT2D eigenvalue weighted by Crippen LogP contribution is 2.15. The fourth-order valence-electron chi connectivity index (χ4n) is 2.11. The van der Waals surface area contributed by atoms with Gasteiger partial charge < -0.3 is 15.8 Å². The maximum atomic E-state index is 5.69. The molecule has 3 N–H and O–H groups in total.